The molecule has 138 valence electrons. The molecular weight excluding hydrogens is 350 g/mol. The number of nitrogens with one attached hydrogen (secondary N) is 2. The van der Waals surface area contributed by atoms with Crippen LogP contribution >= 0.6 is 0 Å². The van der Waals surface area contributed by atoms with Crippen molar-refractivity contribution in [2.45, 2.75) is 6.92 Å². The minimum Gasteiger partial charge on any atom is -0.399 e. The van der Waals surface area contributed by atoms with E-state index in [0.29, 0.717) is 11.6 Å². The third kappa shape index (κ3) is 3.91. The maximum absolute atomic E-state index is 11.2. The second kappa shape index (κ2) is 7.36. The Morgan fingerprint density at radius 1 is 0.929 bits per heavy atom. The number of hydrogen-bond acceptors (Lipinski definition) is 5. The minimum absolute atomic E-state index is 0.116. The number of hydrogen-bond donors (Lipinski definition) is 3. The number of fused-ring (bicyclic) bond motifs is 1. The van der Waals surface area contributed by atoms with Crippen LogP contribution in [0.4, 0.5) is 23.0 Å². The molecule has 6 heteroatoms. The normalized spacial score (nSPS) is 10.6. The van der Waals surface area contributed by atoms with E-state index in [4.69, 9.17) is 5.73 Å². The molecule has 4 rings (SSSR count). The highest BCUT2D eigenvalue weighted by molar-refractivity contribution is 5.89. The number of carbonyl (C=O) groups excluding carboxylic acids is 1. The van der Waals surface area contributed by atoms with Crippen LogP contribution in [0.25, 0.3) is 22.0 Å². The first-order valence-corrected chi connectivity index (χ1v) is 8.84. The Labute approximate surface area is 162 Å². The van der Waals surface area contributed by atoms with Gasteiger partial charge in [0.1, 0.15) is 0 Å². The van der Waals surface area contributed by atoms with Gasteiger partial charge in [0.25, 0.3) is 0 Å². The Kier molecular flexibility index (Phi) is 4.60. The van der Waals surface area contributed by atoms with Gasteiger partial charge in [-0.25, -0.2) is 9.97 Å². The van der Waals surface area contributed by atoms with E-state index in [-0.39, 0.29) is 5.91 Å². The number of anilines is 4. The van der Waals surface area contributed by atoms with Gasteiger partial charge in [-0.2, -0.15) is 0 Å². The monoisotopic (exact) mass is 369 g/mol. The van der Waals surface area contributed by atoms with Crippen LogP contribution < -0.4 is 16.4 Å². The molecule has 1 aromatic heterocycles. The van der Waals surface area contributed by atoms with Gasteiger partial charge >= 0.3 is 0 Å². The molecule has 0 aliphatic carbocycles. The molecule has 0 atom stereocenters. The standard InChI is InChI=1S/C22H19N5O/c1-14(28)25-19-6-3-7-20(12-19)26-22-24-13-17-10-16(8-9-21(17)27-22)15-4-2-5-18(23)11-15/h2-13H,23H2,1H3,(H,25,28)(H,24,26,27). The van der Waals surface area contributed by atoms with Crippen LogP contribution in [0.1, 0.15) is 6.92 Å². The maximum atomic E-state index is 11.2. The highest BCUT2D eigenvalue weighted by Crippen LogP contribution is 2.26. The lowest BCUT2D eigenvalue weighted by molar-refractivity contribution is -0.114. The molecule has 0 unspecified atom stereocenters. The number of aromatic nitrogens is 2. The highest BCUT2D eigenvalue weighted by Gasteiger charge is 2.05. The van der Waals surface area contributed by atoms with Gasteiger partial charge in [-0.1, -0.05) is 24.3 Å². The number of nitrogens with zero attached hydrogens (tertiary/aromatic N) is 2. The molecule has 0 saturated carbocycles. The molecule has 1 heterocycles. The van der Waals surface area contributed by atoms with Crippen molar-refractivity contribution < 1.29 is 4.79 Å². The topological polar surface area (TPSA) is 92.9 Å². The first kappa shape index (κ1) is 17.5. The van der Waals surface area contributed by atoms with Crippen LogP contribution in [0.2, 0.25) is 0 Å². The van der Waals surface area contributed by atoms with Crippen molar-refractivity contribution in [3.63, 3.8) is 0 Å². The molecule has 28 heavy (non-hydrogen) atoms. The summed E-state index contributed by atoms with van der Waals surface area (Å²) in [7, 11) is 0. The maximum Gasteiger partial charge on any atom is 0.227 e. The van der Waals surface area contributed by atoms with E-state index in [9.17, 15) is 4.79 Å². The van der Waals surface area contributed by atoms with Crippen LogP contribution in [-0.2, 0) is 4.79 Å². The zero-order valence-corrected chi connectivity index (χ0v) is 15.3. The van der Waals surface area contributed by atoms with Crippen molar-refractivity contribution in [1.82, 2.24) is 9.97 Å². The molecule has 0 radical (unpaired) electrons. The van der Waals surface area contributed by atoms with E-state index in [1.165, 1.54) is 6.92 Å². The molecule has 0 aliphatic heterocycles. The van der Waals surface area contributed by atoms with Crippen molar-refractivity contribution in [2.75, 3.05) is 16.4 Å². The molecule has 0 fully saturated rings. The number of benzene rings is 3. The summed E-state index contributed by atoms with van der Waals surface area (Å²) in [4.78, 5) is 20.2. The van der Waals surface area contributed by atoms with Crippen LogP contribution in [0.15, 0.2) is 72.9 Å². The zero-order valence-electron chi connectivity index (χ0n) is 15.3. The predicted molar refractivity (Wildman–Crippen MR) is 113 cm³/mol. The summed E-state index contributed by atoms with van der Waals surface area (Å²) in [5.41, 5.74) is 11.1. The first-order valence-electron chi connectivity index (χ1n) is 8.84. The number of nitrogens with two attached hydrogens (primary N) is 1. The molecule has 0 bridgehead atoms. The summed E-state index contributed by atoms with van der Waals surface area (Å²) in [5.74, 6) is 0.374. The molecule has 0 saturated heterocycles. The predicted octanol–water partition coefficient (Wildman–Crippen LogP) is 4.58. The van der Waals surface area contributed by atoms with Crippen molar-refractivity contribution in [3.05, 3.63) is 72.9 Å². The lowest BCUT2D eigenvalue weighted by Crippen LogP contribution is -2.06. The van der Waals surface area contributed by atoms with Gasteiger partial charge in [0.2, 0.25) is 11.9 Å². The quantitative estimate of drug-likeness (QED) is 0.458. The van der Waals surface area contributed by atoms with E-state index in [0.717, 1.165) is 33.4 Å². The number of rotatable bonds is 4. The van der Waals surface area contributed by atoms with Crippen molar-refractivity contribution in [2.24, 2.45) is 0 Å². The highest BCUT2D eigenvalue weighted by atomic mass is 16.1. The van der Waals surface area contributed by atoms with Gasteiger partial charge in [0, 0.05) is 35.6 Å². The summed E-state index contributed by atoms with van der Waals surface area (Å²) in [5, 5.41) is 6.87. The minimum atomic E-state index is -0.116. The van der Waals surface area contributed by atoms with Gasteiger partial charge in [-0.05, 0) is 53.6 Å². The lowest BCUT2D eigenvalue weighted by atomic mass is 10.0. The van der Waals surface area contributed by atoms with E-state index < -0.39 is 0 Å². The second-order valence-electron chi connectivity index (χ2n) is 6.48. The Morgan fingerprint density at radius 3 is 2.54 bits per heavy atom. The third-order valence-electron chi connectivity index (χ3n) is 4.24. The lowest BCUT2D eigenvalue weighted by Gasteiger charge is -2.09. The van der Waals surface area contributed by atoms with Gasteiger partial charge in [0.15, 0.2) is 0 Å². The Bertz CT molecular complexity index is 1170. The number of amides is 1. The Hall–Kier alpha value is -3.93. The van der Waals surface area contributed by atoms with E-state index in [2.05, 4.69) is 20.6 Å². The van der Waals surface area contributed by atoms with Crippen LogP contribution in [0.5, 0.6) is 0 Å². The summed E-state index contributed by atoms with van der Waals surface area (Å²) in [6, 6.07) is 21.2. The largest absolute Gasteiger partial charge is 0.399 e. The summed E-state index contributed by atoms with van der Waals surface area (Å²) >= 11 is 0. The molecule has 0 aliphatic rings. The Morgan fingerprint density at radius 2 is 1.71 bits per heavy atom. The molecule has 1 amide bonds. The second-order valence-corrected chi connectivity index (χ2v) is 6.48. The van der Waals surface area contributed by atoms with Gasteiger partial charge in [0.05, 0.1) is 5.52 Å². The average molecular weight is 369 g/mol. The summed E-state index contributed by atoms with van der Waals surface area (Å²) in [6.45, 7) is 1.48. The molecule has 4 N–H and O–H groups in total. The van der Waals surface area contributed by atoms with E-state index in [1.807, 2.05) is 66.7 Å². The summed E-state index contributed by atoms with van der Waals surface area (Å²) in [6.07, 6.45) is 1.79. The third-order valence-corrected chi connectivity index (χ3v) is 4.24. The SMILES string of the molecule is CC(=O)Nc1cccc(Nc2ncc3cc(-c4cccc(N)c4)ccc3n2)c1. The number of carbonyl (C=O) groups is 1. The molecule has 4 aromatic rings. The van der Waals surface area contributed by atoms with Crippen LogP contribution in [0, 0.1) is 0 Å². The van der Waals surface area contributed by atoms with E-state index >= 15 is 0 Å². The average Bonchev–Trinajstić information content (AvgIpc) is 2.67. The molecule has 0 spiro atoms. The van der Waals surface area contributed by atoms with Gasteiger partial charge in [-0.3, -0.25) is 4.79 Å². The molecule has 3 aromatic carbocycles. The van der Waals surface area contributed by atoms with Crippen molar-refractivity contribution >= 4 is 39.8 Å². The smallest absolute Gasteiger partial charge is 0.227 e. The number of nitrogen functional groups attached to an aromatic ring is 1. The van der Waals surface area contributed by atoms with Crippen LogP contribution in [-0.4, -0.2) is 15.9 Å². The zero-order chi connectivity index (χ0) is 19.5. The van der Waals surface area contributed by atoms with E-state index in [1.54, 1.807) is 6.20 Å². The van der Waals surface area contributed by atoms with Gasteiger partial charge in [-0.15, -0.1) is 0 Å². The van der Waals surface area contributed by atoms with Crippen molar-refractivity contribution in [1.29, 1.82) is 0 Å². The van der Waals surface area contributed by atoms with Crippen molar-refractivity contribution in [3.8, 4) is 11.1 Å². The Balaban J connectivity index is 1.60. The molecular formula is C22H19N5O. The fraction of sp³-hybridized carbons (Fsp3) is 0.0455. The van der Waals surface area contributed by atoms with Crippen LogP contribution in [0.3, 0.4) is 0 Å². The van der Waals surface area contributed by atoms with Gasteiger partial charge < -0.3 is 16.4 Å². The summed E-state index contributed by atoms with van der Waals surface area (Å²) < 4.78 is 0. The molecule has 6 nitrogen and oxygen atoms in total. The fourth-order valence-electron chi connectivity index (χ4n) is 3.00. The first-order chi connectivity index (χ1) is 13.6. The fourth-order valence-corrected chi connectivity index (χ4v) is 3.00.